The average molecular weight is 346 g/mol. The number of aromatic nitrogens is 2. The van der Waals surface area contributed by atoms with Gasteiger partial charge in [0.05, 0.1) is 27.0 Å². The molecule has 2 aromatic rings. The van der Waals surface area contributed by atoms with Crippen molar-refractivity contribution in [2.24, 2.45) is 0 Å². The zero-order valence-corrected chi connectivity index (χ0v) is 15.0. The van der Waals surface area contributed by atoms with Gasteiger partial charge >= 0.3 is 6.01 Å². The number of rotatable bonds is 7. The maximum atomic E-state index is 12.6. The minimum absolute atomic E-state index is 0.260. The first-order valence-electron chi connectivity index (χ1n) is 7.70. The molecule has 0 spiro atoms. The van der Waals surface area contributed by atoms with Crippen molar-refractivity contribution in [3.63, 3.8) is 0 Å². The number of hydrogen-bond donors (Lipinski definition) is 1. The fourth-order valence-corrected chi connectivity index (χ4v) is 2.16. The standard InChI is InChI=1S/C17H22N4O4/c1-6-25-17-18-10-12(15(20-17)21(2)3)19-16(22)11-7-8-13(23-4)14(9-11)24-5/h7-10H,6H2,1-5H3,(H,19,22). The van der Waals surface area contributed by atoms with Crippen LogP contribution in [0.4, 0.5) is 11.5 Å². The fraction of sp³-hybridized carbons (Fsp3) is 0.353. The molecule has 1 amide bonds. The second kappa shape index (κ2) is 8.18. The molecule has 134 valence electrons. The third-order valence-electron chi connectivity index (χ3n) is 3.34. The third-order valence-corrected chi connectivity index (χ3v) is 3.34. The van der Waals surface area contributed by atoms with Gasteiger partial charge in [-0.25, -0.2) is 4.98 Å². The molecule has 1 heterocycles. The van der Waals surface area contributed by atoms with Crippen molar-refractivity contribution in [2.75, 3.05) is 45.1 Å². The van der Waals surface area contributed by atoms with Crippen molar-refractivity contribution in [3.8, 4) is 17.5 Å². The van der Waals surface area contributed by atoms with Gasteiger partial charge in [-0.15, -0.1) is 0 Å². The number of carbonyl (C=O) groups excluding carboxylic acids is 1. The van der Waals surface area contributed by atoms with Crippen LogP contribution >= 0.6 is 0 Å². The Hall–Kier alpha value is -3.03. The lowest BCUT2D eigenvalue weighted by Crippen LogP contribution is -2.19. The summed E-state index contributed by atoms with van der Waals surface area (Å²) in [5.74, 6) is 1.27. The van der Waals surface area contributed by atoms with Gasteiger partial charge in [-0.1, -0.05) is 0 Å². The predicted molar refractivity (Wildman–Crippen MR) is 95.0 cm³/mol. The highest BCUT2D eigenvalue weighted by Gasteiger charge is 2.15. The Labute approximate surface area is 146 Å². The Bertz CT molecular complexity index is 749. The van der Waals surface area contributed by atoms with E-state index in [9.17, 15) is 4.79 Å². The minimum atomic E-state index is -0.309. The highest BCUT2D eigenvalue weighted by molar-refractivity contribution is 6.05. The lowest BCUT2D eigenvalue weighted by Gasteiger charge is -2.17. The molecule has 0 aliphatic carbocycles. The molecule has 1 N–H and O–H groups in total. The Morgan fingerprint density at radius 3 is 2.52 bits per heavy atom. The van der Waals surface area contributed by atoms with E-state index in [-0.39, 0.29) is 11.9 Å². The maximum Gasteiger partial charge on any atom is 0.318 e. The Morgan fingerprint density at radius 1 is 1.20 bits per heavy atom. The molecule has 0 unspecified atom stereocenters. The molecule has 0 radical (unpaired) electrons. The molecule has 0 saturated carbocycles. The van der Waals surface area contributed by atoms with Gasteiger partial charge in [-0.3, -0.25) is 4.79 Å². The Balaban J connectivity index is 2.28. The summed E-state index contributed by atoms with van der Waals surface area (Å²) in [5.41, 5.74) is 0.907. The number of hydrogen-bond acceptors (Lipinski definition) is 7. The summed E-state index contributed by atoms with van der Waals surface area (Å²) in [6.07, 6.45) is 1.52. The van der Waals surface area contributed by atoms with Gasteiger partial charge in [0.2, 0.25) is 0 Å². The van der Waals surface area contributed by atoms with Crippen LogP contribution in [-0.2, 0) is 0 Å². The van der Waals surface area contributed by atoms with Crippen LogP contribution in [0.3, 0.4) is 0 Å². The molecule has 0 fully saturated rings. The topological polar surface area (TPSA) is 85.8 Å². The van der Waals surface area contributed by atoms with Crippen LogP contribution in [0.25, 0.3) is 0 Å². The zero-order valence-electron chi connectivity index (χ0n) is 15.0. The summed E-state index contributed by atoms with van der Waals surface area (Å²) >= 11 is 0. The van der Waals surface area contributed by atoms with Gasteiger partial charge in [0.15, 0.2) is 17.3 Å². The van der Waals surface area contributed by atoms with Crippen molar-refractivity contribution >= 4 is 17.4 Å². The van der Waals surface area contributed by atoms with Crippen LogP contribution in [-0.4, -0.2) is 50.8 Å². The van der Waals surface area contributed by atoms with E-state index in [4.69, 9.17) is 14.2 Å². The van der Waals surface area contributed by atoms with Crippen molar-refractivity contribution in [2.45, 2.75) is 6.92 Å². The Morgan fingerprint density at radius 2 is 1.92 bits per heavy atom. The van der Waals surface area contributed by atoms with Gasteiger partial charge in [0.1, 0.15) is 5.69 Å². The number of amides is 1. The molecule has 0 saturated heterocycles. The van der Waals surface area contributed by atoms with Crippen LogP contribution < -0.4 is 24.4 Å². The minimum Gasteiger partial charge on any atom is -0.493 e. The highest BCUT2D eigenvalue weighted by atomic mass is 16.5. The molecule has 2 rings (SSSR count). The van der Waals surface area contributed by atoms with Gasteiger partial charge in [0.25, 0.3) is 5.91 Å². The molecule has 0 aliphatic rings. The first-order valence-corrected chi connectivity index (χ1v) is 7.70. The fourth-order valence-electron chi connectivity index (χ4n) is 2.16. The van der Waals surface area contributed by atoms with Gasteiger partial charge < -0.3 is 24.4 Å². The van der Waals surface area contributed by atoms with Gasteiger partial charge in [0, 0.05) is 19.7 Å². The summed E-state index contributed by atoms with van der Waals surface area (Å²) in [5, 5.41) is 2.81. The Kier molecular flexibility index (Phi) is 5.99. The van der Waals surface area contributed by atoms with E-state index in [1.165, 1.54) is 20.4 Å². The van der Waals surface area contributed by atoms with Crippen LogP contribution in [0.5, 0.6) is 17.5 Å². The second-order valence-electron chi connectivity index (χ2n) is 5.24. The van der Waals surface area contributed by atoms with Gasteiger partial charge in [-0.05, 0) is 25.1 Å². The van der Waals surface area contributed by atoms with E-state index in [2.05, 4.69) is 15.3 Å². The lowest BCUT2D eigenvalue weighted by atomic mass is 10.2. The quantitative estimate of drug-likeness (QED) is 0.822. The van der Waals surface area contributed by atoms with E-state index in [0.29, 0.717) is 35.2 Å². The highest BCUT2D eigenvalue weighted by Crippen LogP contribution is 2.29. The van der Waals surface area contributed by atoms with Crippen molar-refractivity contribution in [1.29, 1.82) is 0 Å². The summed E-state index contributed by atoms with van der Waals surface area (Å²) in [6.45, 7) is 2.32. The first kappa shape index (κ1) is 18.3. The summed E-state index contributed by atoms with van der Waals surface area (Å²) in [4.78, 5) is 22.7. The lowest BCUT2D eigenvalue weighted by molar-refractivity contribution is 0.102. The molecule has 8 nitrogen and oxygen atoms in total. The van der Waals surface area contributed by atoms with Gasteiger partial charge in [-0.2, -0.15) is 4.98 Å². The summed E-state index contributed by atoms with van der Waals surface area (Å²) in [7, 11) is 6.70. The first-order chi connectivity index (χ1) is 12.0. The van der Waals surface area contributed by atoms with Crippen molar-refractivity contribution in [1.82, 2.24) is 9.97 Å². The maximum absolute atomic E-state index is 12.6. The molecule has 8 heteroatoms. The molecule has 0 atom stereocenters. The average Bonchev–Trinajstić information content (AvgIpc) is 2.62. The molecule has 0 aliphatic heterocycles. The van der Waals surface area contributed by atoms with E-state index in [0.717, 1.165) is 0 Å². The largest absolute Gasteiger partial charge is 0.493 e. The van der Waals surface area contributed by atoms with Crippen LogP contribution in [0.15, 0.2) is 24.4 Å². The molecular formula is C17H22N4O4. The number of benzene rings is 1. The number of carbonyl (C=O) groups is 1. The number of anilines is 2. The third kappa shape index (κ3) is 4.28. The van der Waals surface area contributed by atoms with E-state index in [1.807, 2.05) is 21.0 Å². The van der Waals surface area contributed by atoms with E-state index in [1.54, 1.807) is 23.1 Å². The van der Waals surface area contributed by atoms with Crippen LogP contribution in [0.2, 0.25) is 0 Å². The normalized spacial score (nSPS) is 10.1. The number of nitrogens with zero attached hydrogens (tertiary/aromatic N) is 3. The zero-order chi connectivity index (χ0) is 18.4. The molecule has 25 heavy (non-hydrogen) atoms. The second-order valence-corrected chi connectivity index (χ2v) is 5.24. The van der Waals surface area contributed by atoms with Crippen molar-refractivity contribution < 1.29 is 19.0 Å². The smallest absolute Gasteiger partial charge is 0.318 e. The molecule has 1 aromatic carbocycles. The number of nitrogens with one attached hydrogen (secondary N) is 1. The summed E-state index contributed by atoms with van der Waals surface area (Å²) < 4.78 is 15.7. The molecule has 0 bridgehead atoms. The summed E-state index contributed by atoms with van der Waals surface area (Å²) in [6, 6.07) is 5.20. The monoisotopic (exact) mass is 346 g/mol. The van der Waals surface area contributed by atoms with Crippen LogP contribution in [0.1, 0.15) is 17.3 Å². The van der Waals surface area contributed by atoms with Crippen LogP contribution in [0, 0.1) is 0 Å². The van der Waals surface area contributed by atoms with E-state index < -0.39 is 0 Å². The number of methoxy groups -OCH3 is 2. The van der Waals surface area contributed by atoms with Crippen molar-refractivity contribution in [3.05, 3.63) is 30.0 Å². The van der Waals surface area contributed by atoms with E-state index >= 15 is 0 Å². The predicted octanol–water partition coefficient (Wildman–Crippen LogP) is 2.21. The molecular weight excluding hydrogens is 324 g/mol. The number of ether oxygens (including phenoxy) is 3. The molecule has 1 aromatic heterocycles. The SMILES string of the molecule is CCOc1ncc(NC(=O)c2ccc(OC)c(OC)c2)c(N(C)C)n1.